The number of guanidine groups is 1. The number of anilines is 1. The maximum Gasteiger partial charge on any atom is 0.193 e. The molecule has 0 spiro atoms. The minimum Gasteiger partial charge on any atom is -0.497 e. The molecule has 2 aromatic rings. The molecule has 0 bridgehead atoms. The Bertz CT molecular complexity index is 687. The molecule has 0 aliphatic heterocycles. The molecule has 0 saturated heterocycles. The minimum absolute atomic E-state index is 0. The lowest BCUT2D eigenvalue weighted by Gasteiger charge is -2.10. The van der Waals surface area contributed by atoms with Gasteiger partial charge >= 0.3 is 0 Å². The minimum atomic E-state index is 0. The largest absolute Gasteiger partial charge is 0.497 e. The van der Waals surface area contributed by atoms with Gasteiger partial charge in [-0.3, -0.25) is 4.99 Å². The Morgan fingerprint density at radius 1 is 1.26 bits per heavy atom. The van der Waals surface area contributed by atoms with E-state index in [4.69, 9.17) is 10.5 Å². The van der Waals surface area contributed by atoms with Crippen molar-refractivity contribution in [3.63, 3.8) is 0 Å². The number of aryl methyl sites for hydroxylation is 1. The monoisotopic (exact) mass is 423 g/mol. The zero-order valence-electron chi connectivity index (χ0n) is 13.2. The van der Waals surface area contributed by atoms with Crippen LogP contribution in [0.3, 0.4) is 0 Å². The van der Waals surface area contributed by atoms with Crippen LogP contribution in [0.5, 0.6) is 5.75 Å². The SMILES string of the molecule is COc1cccc(NC(N)=NCC2CCc3ccccc32)c1.I. The van der Waals surface area contributed by atoms with Gasteiger partial charge in [-0.15, -0.1) is 24.0 Å². The van der Waals surface area contributed by atoms with Crippen molar-refractivity contribution in [1.29, 1.82) is 0 Å². The molecule has 122 valence electrons. The van der Waals surface area contributed by atoms with Gasteiger partial charge < -0.3 is 15.8 Å². The molecule has 3 rings (SSSR count). The van der Waals surface area contributed by atoms with E-state index in [1.165, 1.54) is 11.1 Å². The third-order valence-electron chi connectivity index (χ3n) is 4.08. The summed E-state index contributed by atoms with van der Waals surface area (Å²) in [5.41, 5.74) is 9.74. The van der Waals surface area contributed by atoms with Crippen LogP contribution in [0.15, 0.2) is 53.5 Å². The number of hydrogen-bond acceptors (Lipinski definition) is 2. The number of benzene rings is 2. The molecule has 1 aliphatic carbocycles. The third-order valence-corrected chi connectivity index (χ3v) is 4.08. The van der Waals surface area contributed by atoms with E-state index < -0.39 is 0 Å². The van der Waals surface area contributed by atoms with Crippen LogP contribution < -0.4 is 15.8 Å². The molecule has 23 heavy (non-hydrogen) atoms. The molecule has 0 saturated carbocycles. The molecule has 1 atom stereocenters. The van der Waals surface area contributed by atoms with Crippen molar-refractivity contribution in [3.05, 3.63) is 59.7 Å². The molecule has 5 heteroatoms. The number of nitrogens with one attached hydrogen (secondary N) is 1. The van der Waals surface area contributed by atoms with Crippen LogP contribution >= 0.6 is 24.0 Å². The number of nitrogens with two attached hydrogens (primary N) is 1. The van der Waals surface area contributed by atoms with Crippen LogP contribution in [-0.4, -0.2) is 19.6 Å². The number of aliphatic imine (C=N–C) groups is 1. The van der Waals surface area contributed by atoms with Crippen molar-refractivity contribution >= 4 is 35.6 Å². The highest BCUT2D eigenvalue weighted by Gasteiger charge is 2.21. The van der Waals surface area contributed by atoms with Gasteiger partial charge in [0, 0.05) is 24.2 Å². The highest BCUT2D eigenvalue weighted by molar-refractivity contribution is 14.0. The van der Waals surface area contributed by atoms with Crippen molar-refractivity contribution in [1.82, 2.24) is 0 Å². The van der Waals surface area contributed by atoms with E-state index in [1.54, 1.807) is 7.11 Å². The van der Waals surface area contributed by atoms with Gasteiger partial charge in [0.05, 0.1) is 7.11 Å². The van der Waals surface area contributed by atoms with Crippen molar-refractivity contribution in [2.75, 3.05) is 19.0 Å². The van der Waals surface area contributed by atoms with Gasteiger partial charge in [0.25, 0.3) is 0 Å². The van der Waals surface area contributed by atoms with Crippen LogP contribution in [0.25, 0.3) is 0 Å². The lowest BCUT2D eigenvalue weighted by atomic mass is 10.0. The third kappa shape index (κ3) is 4.37. The first kappa shape index (κ1) is 17.6. The topological polar surface area (TPSA) is 59.6 Å². The number of rotatable bonds is 4. The number of nitrogens with zero attached hydrogens (tertiary/aromatic N) is 1. The van der Waals surface area contributed by atoms with Crippen molar-refractivity contribution in [2.45, 2.75) is 18.8 Å². The van der Waals surface area contributed by atoms with E-state index in [-0.39, 0.29) is 24.0 Å². The van der Waals surface area contributed by atoms with E-state index in [9.17, 15) is 0 Å². The van der Waals surface area contributed by atoms with Crippen LogP contribution in [0.4, 0.5) is 5.69 Å². The Balaban J connectivity index is 0.00000192. The second-order valence-corrected chi connectivity index (χ2v) is 5.52. The molecular weight excluding hydrogens is 401 g/mol. The summed E-state index contributed by atoms with van der Waals surface area (Å²) in [5, 5.41) is 3.11. The Hall–Kier alpha value is -1.76. The maximum atomic E-state index is 5.99. The van der Waals surface area contributed by atoms with Crippen LogP contribution in [0, 0.1) is 0 Å². The highest BCUT2D eigenvalue weighted by atomic mass is 127. The first-order valence-corrected chi connectivity index (χ1v) is 7.55. The predicted molar refractivity (Wildman–Crippen MR) is 106 cm³/mol. The summed E-state index contributed by atoms with van der Waals surface area (Å²) in [7, 11) is 1.65. The average Bonchev–Trinajstić information content (AvgIpc) is 2.96. The van der Waals surface area contributed by atoms with E-state index >= 15 is 0 Å². The molecule has 0 aromatic heterocycles. The van der Waals surface area contributed by atoms with Crippen LogP contribution in [0.2, 0.25) is 0 Å². The summed E-state index contributed by atoms with van der Waals surface area (Å²) in [4.78, 5) is 4.50. The normalized spacial score (nSPS) is 16.4. The summed E-state index contributed by atoms with van der Waals surface area (Å²) in [6.07, 6.45) is 2.29. The summed E-state index contributed by atoms with van der Waals surface area (Å²) >= 11 is 0. The quantitative estimate of drug-likeness (QED) is 0.447. The summed E-state index contributed by atoms with van der Waals surface area (Å²) in [6.45, 7) is 0.722. The van der Waals surface area contributed by atoms with E-state index in [0.29, 0.717) is 11.9 Å². The summed E-state index contributed by atoms with van der Waals surface area (Å²) in [5.74, 6) is 1.71. The average molecular weight is 423 g/mol. The predicted octanol–water partition coefficient (Wildman–Crippen LogP) is 3.77. The molecule has 0 radical (unpaired) electrons. The molecule has 0 heterocycles. The Labute approximate surface area is 154 Å². The van der Waals surface area contributed by atoms with Gasteiger partial charge in [-0.1, -0.05) is 30.3 Å². The molecule has 3 N–H and O–H groups in total. The van der Waals surface area contributed by atoms with E-state index in [2.05, 4.69) is 34.6 Å². The van der Waals surface area contributed by atoms with Crippen LogP contribution in [0.1, 0.15) is 23.5 Å². The number of halogens is 1. The van der Waals surface area contributed by atoms with Crippen LogP contribution in [-0.2, 0) is 6.42 Å². The smallest absolute Gasteiger partial charge is 0.193 e. The fourth-order valence-corrected chi connectivity index (χ4v) is 2.93. The Morgan fingerprint density at radius 2 is 2.09 bits per heavy atom. The Kier molecular flexibility index (Phi) is 6.27. The molecule has 1 unspecified atom stereocenters. The second-order valence-electron chi connectivity index (χ2n) is 5.52. The molecule has 1 aliphatic rings. The van der Waals surface area contributed by atoms with Crippen molar-refractivity contribution < 1.29 is 4.74 Å². The lowest BCUT2D eigenvalue weighted by molar-refractivity contribution is 0.415. The van der Waals surface area contributed by atoms with Crippen molar-refractivity contribution in [2.24, 2.45) is 10.7 Å². The second kappa shape index (κ2) is 8.19. The number of ether oxygens (including phenoxy) is 1. The molecule has 2 aromatic carbocycles. The number of fused-ring (bicyclic) bond motifs is 1. The van der Waals surface area contributed by atoms with Gasteiger partial charge in [-0.05, 0) is 36.1 Å². The molecule has 0 amide bonds. The molecule has 4 nitrogen and oxygen atoms in total. The zero-order chi connectivity index (χ0) is 15.4. The van der Waals surface area contributed by atoms with Crippen molar-refractivity contribution in [3.8, 4) is 5.75 Å². The van der Waals surface area contributed by atoms with E-state index in [1.807, 2.05) is 24.3 Å². The highest BCUT2D eigenvalue weighted by Crippen LogP contribution is 2.32. The number of methoxy groups -OCH3 is 1. The molecular formula is C18H22IN3O. The summed E-state index contributed by atoms with van der Waals surface area (Å²) < 4.78 is 5.20. The lowest BCUT2D eigenvalue weighted by Crippen LogP contribution is -2.23. The number of hydrogen-bond donors (Lipinski definition) is 2. The van der Waals surface area contributed by atoms with Gasteiger partial charge in [0.15, 0.2) is 5.96 Å². The van der Waals surface area contributed by atoms with Gasteiger partial charge in [-0.2, -0.15) is 0 Å². The zero-order valence-corrected chi connectivity index (χ0v) is 15.5. The fourth-order valence-electron chi connectivity index (χ4n) is 2.93. The first-order valence-electron chi connectivity index (χ1n) is 7.55. The van der Waals surface area contributed by atoms with Gasteiger partial charge in [0.2, 0.25) is 0 Å². The van der Waals surface area contributed by atoms with Gasteiger partial charge in [0.1, 0.15) is 5.75 Å². The molecule has 0 fully saturated rings. The fraction of sp³-hybridized carbons (Fsp3) is 0.278. The van der Waals surface area contributed by atoms with E-state index in [0.717, 1.165) is 30.8 Å². The summed E-state index contributed by atoms with van der Waals surface area (Å²) in [6, 6.07) is 16.3. The first-order chi connectivity index (χ1) is 10.8. The Morgan fingerprint density at radius 3 is 2.91 bits per heavy atom. The standard InChI is InChI=1S/C18H21N3O.HI/c1-22-16-7-4-6-15(11-16)21-18(19)20-12-14-10-9-13-5-2-3-8-17(13)14;/h2-8,11,14H,9-10,12H2,1H3,(H3,19,20,21);1H. The maximum absolute atomic E-state index is 5.99. The van der Waals surface area contributed by atoms with Gasteiger partial charge in [-0.25, -0.2) is 0 Å².